The van der Waals surface area contributed by atoms with E-state index in [1.807, 2.05) is 0 Å². The van der Waals surface area contributed by atoms with E-state index in [1.165, 1.54) is 64.2 Å². The van der Waals surface area contributed by atoms with Crippen molar-refractivity contribution < 1.29 is 5.11 Å². The van der Waals surface area contributed by atoms with Gasteiger partial charge in [-0.1, -0.05) is 71.1 Å². The Kier molecular flexibility index (Phi) is 14.9. The molecule has 18 heavy (non-hydrogen) atoms. The van der Waals surface area contributed by atoms with Crippen LogP contribution in [0.25, 0.3) is 0 Å². The van der Waals surface area contributed by atoms with Gasteiger partial charge < -0.3 is 10.8 Å². The first-order chi connectivity index (χ1) is 8.81. The van der Waals surface area contributed by atoms with E-state index in [-0.39, 0.29) is 6.61 Å². The first-order valence-corrected chi connectivity index (χ1v) is 8.17. The lowest BCUT2D eigenvalue weighted by atomic mass is 10.0. The van der Waals surface area contributed by atoms with Crippen LogP contribution >= 0.6 is 0 Å². The second kappa shape index (κ2) is 15.0. The van der Waals surface area contributed by atoms with Gasteiger partial charge in [0.1, 0.15) is 0 Å². The van der Waals surface area contributed by atoms with Crippen molar-refractivity contribution in [1.29, 1.82) is 0 Å². The molecule has 0 aromatic heterocycles. The highest BCUT2D eigenvalue weighted by Gasteiger charge is 2.01. The minimum Gasteiger partial charge on any atom is -0.396 e. The first kappa shape index (κ1) is 17.9. The fourth-order valence-corrected chi connectivity index (χ4v) is 2.39. The van der Waals surface area contributed by atoms with E-state index in [0.717, 1.165) is 19.3 Å². The van der Waals surface area contributed by atoms with Crippen molar-refractivity contribution in [1.82, 2.24) is 0 Å². The van der Waals surface area contributed by atoms with Gasteiger partial charge in [-0.25, -0.2) is 0 Å². The van der Waals surface area contributed by atoms with Gasteiger partial charge in [-0.3, -0.25) is 0 Å². The zero-order valence-corrected chi connectivity index (χ0v) is 12.5. The van der Waals surface area contributed by atoms with E-state index in [0.29, 0.717) is 6.04 Å². The molecule has 0 aliphatic rings. The minimum absolute atomic E-state index is 0.283. The second-order valence-electron chi connectivity index (χ2n) is 5.60. The standard InChI is InChI=1S/C16H35NO/c1-2-3-4-5-6-7-8-9-10-11-13-16(17)14-12-15-18/h16,18H,2-15,17H2,1H3. The van der Waals surface area contributed by atoms with E-state index >= 15 is 0 Å². The molecule has 0 aliphatic heterocycles. The van der Waals surface area contributed by atoms with E-state index in [4.69, 9.17) is 10.8 Å². The van der Waals surface area contributed by atoms with Gasteiger partial charge in [0, 0.05) is 12.6 Å². The summed E-state index contributed by atoms with van der Waals surface area (Å²) in [4.78, 5) is 0. The number of unbranched alkanes of at least 4 members (excludes halogenated alkanes) is 9. The number of aliphatic hydroxyl groups excluding tert-OH is 1. The van der Waals surface area contributed by atoms with Crippen molar-refractivity contribution in [3.63, 3.8) is 0 Å². The maximum absolute atomic E-state index is 8.71. The molecule has 0 aromatic carbocycles. The van der Waals surface area contributed by atoms with Gasteiger partial charge in [-0.15, -0.1) is 0 Å². The Morgan fingerprint density at radius 3 is 1.67 bits per heavy atom. The quantitative estimate of drug-likeness (QED) is 0.453. The predicted molar refractivity (Wildman–Crippen MR) is 80.8 cm³/mol. The molecule has 1 atom stereocenters. The van der Waals surface area contributed by atoms with Crippen LogP contribution in [0.5, 0.6) is 0 Å². The Morgan fingerprint density at radius 2 is 1.17 bits per heavy atom. The van der Waals surface area contributed by atoms with Gasteiger partial charge in [-0.2, -0.15) is 0 Å². The van der Waals surface area contributed by atoms with E-state index in [2.05, 4.69) is 6.92 Å². The van der Waals surface area contributed by atoms with Crippen molar-refractivity contribution in [2.45, 2.75) is 96.4 Å². The molecule has 1 unspecified atom stereocenters. The van der Waals surface area contributed by atoms with Crippen molar-refractivity contribution in [2.24, 2.45) is 5.73 Å². The molecular weight excluding hydrogens is 222 g/mol. The molecule has 2 heteroatoms. The van der Waals surface area contributed by atoms with Gasteiger partial charge in [0.2, 0.25) is 0 Å². The molecule has 0 heterocycles. The molecule has 0 saturated heterocycles. The SMILES string of the molecule is CCCCCCCCCCCCC(N)CCCO. The highest BCUT2D eigenvalue weighted by molar-refractivity contribution is 4.61. The predicted octanol–water partition coefficient (Wildman–Crippen LogP) is 4.40. The molecule has 3 N–H and O–H groups in total. The van der Waals surface area contributed by atoms with Gasteiger partial charge in [-0.05, 0) is 19.3 Å². The summed E-state index contributed by atoms with van der Waals surface area (Å²) in [6, 6.07) is 0.311. The summed E-state index contributed by atoms with van der Waals surface area (Å²) in [7, 11) is 0. The van der Waals surface area contributed by atoms with Gasteiger partial charge >= 0.3 is 0 Å². The van der Waals surface area contributed by atoms with Crippen LogP contribution in [0, 0.1) is 0 Å². The smallest absolute Gasteiger partial charge is 0.0431 e. The third kappa shape index (κ3) is 14.0. The van der Waals surface area contributed by atoms with Gasteiger partial charge in [0.25, 0.3) is 0 Å². The van der Waals surface area contributed by atoms with Crippen molar-refractivity contribution >= 4 is 0 Å². The van der Waals surface area contributed by atoms with Crippen LogP contribution in [-0.2, 0) is 0 Å². The molecule has 0 rings (SSSR count). The fourth-order valence-electron chi connectivity index (χ4n) is 2.39. The summed E-state index contributed by atoms with van der Waals surface area (Å²) >= 11 is 0. The van der Waals surface area contributed by atoms with Crippen LogP contribution in [0.2, 0.25) is 0 Å². The molecule has 0 aromatic rings. The Bertz CT molecular complexity index is 150. The highest BCUT2D eigenvalue weighted by atomic mass is 16.2. The average Bonchev–Trinajstić information content (AvgIpc) is 2.38. The summed E-state index contributed by atoms with van der Waals surface area (Å²) in [5, 5.41) is 8.71. The van der Waals surface area contributed by atoms with Crippen LogP contribution in [0.1, 0.15) is 90.4 Å². The van der Waals surface area contributed by atoms with Crippen molar-refractivity contribution in [2.75, 3.05) is 6.61 Å². The maximum Gasteiger partial charge on any atom is 0.0431 e. The lowest BCUT2D eigenvalue weighted by Crippen LogP contribution is -2.19. The monoisotopic (exact) mass is 257 g/mol. The highest BCUT2D eigenvalue weighted by Crippen LogP contribution is 2.12. The largest absolute Gasteiger partial charge is 0.396 e. The van der Waals surface area contributed by atoms with Crippen molar-refractivity contribution in [3.8, 4) is 0 Å². The topological polar surface area (TPSA) is 46.2 Å². The van der Waals surface area contributed by atoms with E-state index < -0.39 is 0 Å². The molecule has 0 saturated carbocycles. The second-order valence-corrected chi connectivity index (χ2v) is 5.60. The maximum atomic E-state index is 8.71. The summed E-state index contributed by atoms with van der Waals surface area (Å²) in [6.07, 6.45) is 16.8. The Hall–Kier alpha value is -0.0800. The normalized spacial score (nSPS) is 12.8. The lowest BCUT2D eigenvalue weighted by Gasteiger charge is -2.10. The Morgan fingerprint density at radius 1 is 0.722 bits per heavy atom. The Labute approximate surface area is 114 Å². The van der Waals surface area contributed by atoms with Gasteiger partial charge in [0.05, 0.1) is 0 Å². The minimum atomic E-state index is 0.283. The molecule has 2 nitrogen and oxygen atoms in total. The number of aliphatic hydroxyl groups is 1. The first-order valence-electron chi connectivity index (χ1n) is 8.17. The van der Waals surface area contributed by atoms with Gasteiger partial charge in [0.15, 0.2) is 0 Å². The van der Waals surface area contributed by atoms with Crippen LogP contribution in [-0.4, -0.2) is 17.8 Å². The zero-order chi connectivity index (χ0) is 13.5. The Balaban J connectivity index is 3.02. The molecule has 0 fully saturated rings. The molecule has 0 amide bonds. The average molecular weight is 257 g/mol. The molecule has 0 spiro atoms. The third-order valence-electron chi connectivity index (χ3n) is 3.66. The molecule has 0 aliphatic carbocycles. The molecule has 110 valence electrons. The molecular formula is C16H35NO. The number of hydrogen-bond acceptors (Lipinski definition) is 2. The summed E-state index contributed by atoms with van der Waals surface area (Å²) < 4.78 is 0. The molecule has 0 radical (unpaired) electrons. The van der Waals surface area contributed by atoms with E-state index in [1.54, 1.807) is 0 Å². The lowest BCUT2D eigenvalue weighted by molar-refractivity contribution is 0.278. The van der Waals surface area contributed by atoms with Crippen LogP contribution in [0.3, 0.4) is 0 Å². The van der Waals surface area contributed by atoms with E-state index in [9.17, 15) is 0 Å². The number of hydrogen-bond donors (Lipinski definition) is 2. The third-order valence-corrected chi connectivity index (χ3v) is 3.66. The van der Waals surface area contributed by atoms with Crippen LogP contribution < -0.4 is 5.73 Å². The van der Waals surface area contributed by atoms with Crippen molar-refractivity contribution in [3.05, 3.63) is 0 Å². The van der Waals surface area contributed by atoms with Crippen LogP contribution in [0.4, 0.5) is 0 Å². The summed E-state index contributed by atoms with van der Waals surface area (Å²) in [5.41, 5.74) is 5.96. The summed E-state index contributed by atoms with van der Waals surface area (Å²) in [5.74, 6) is 0. The zero-order valence-electron chi connectivity index (χ0n) is 12.5. The number of rotatable bonds is 14. The fraction of sp³-hybridized carbons (Fsp3) is 1.00. The molecule has 0 bridgehead atoms. The number of nitrogens with two attached hydrogens (primary N) is 1. The van der Waals surface area contributed by atoms with Crippen LogP contribution in [0.15, 0.2) is 0 Å². The summed E-state index contributed by atoms with van der Waals surface area (Å²) in [6.45, 7) is 2.55.